The summed E-state index contributed by atoms with van der Waals surface area (Å²) in [6.07, 6.45) is 0. The summed E-state index contributed by atoms with van der Waals surface area (Å²) in [4.78, 5) is 0. The topological polar surface area (TPSA) is 0 Å². The van der Waals surface area contributed by atoms with Crippen molar-refractivity contribution >= 4 is 23.1 Å². The molecule has 0 aromatic heterocycles. The molecule has 0 spiro atoms. The number of hydrogen-bond acceptors (Lipinski definition) is 0. The van der Waals surface area contributed by atoms with Gasteiger partial charge in [0, 0.05) is 0 Å². The first-order valence-electron chi connectivity index (χ1n) is 0. The van der Waals surface area contributed by atoms with Crippen LogP contribution < -0.4 is 95.9 Å². The van der Waals surface area contributed by atoms with Crippen LogP contribution in [0.25, 0.3) is 0 Å². The van der Waals surface area contributed by atoms with Crippen LogP contribution in [0.1, 0.15) is 0 Å². The van der Waals surface area contributed by atoms with Gasteiger partial charge in [0.15, 0.2) is 0 Å². The van der Waals surface area contributed by atoms with Gasteiger partial charge in [-0.1, -0.05) is 0 Å². The third kappa shape index (κ3) is 18.3. The molecule has 0 aliphatic rings. The van der Waals surface area contributed by atoms with Crippen LogP contribution in [0.2, 0.25) is 0 Å². The quantitative estimate of drug-likeness (QED) is 0.214. The van der Waals surface area contributed by atoms with Gasteiger partial charge in [0.1, 0.15) is 0 Å². The molecule has 0 saturated carbocycles. The first-order chi connectivity index (χ1) is 0. The summed E-state index contributed by atoms with van der Waals surface area (Å²) in [5.41, 5.74) is 0. The Bertz CT molecular complexity index is 3.61. The maximum Gasteiger partial charge on any atom is 2.00 e. The van der Waals surface area contributed by atoms with Crippen LogP contribution in [0.3, 0.4) is 0 Å². The smallest absolute Gasteiger partial charge is 1.00 e. The van der Waals surface area contributed by atoms with Gasteiger partial charge < -0.3 is 71.9 Å². The van der Waals surface area contributed by atoms with Crippen molar-refractivity contribution in [2.45, 2.75) is 0 Å². The van der Waals surface area contributed by atoms with E-state index in [4.69, 9.17) is 0 Å². The monoisotopic (exact) mass is 534 g/mol. The van der Waals surface area contributed by atoms with E-state index in [2.05, 4.69) is 0 Å². The van der Waals surface area contributed by atoms with Gasteiger partial charge in [-0.05, 0) is 0 Å². The molecule has 0 aliphatic heterocycles. The van der Waals surface area contributed by atoms with Crippen LogP contribution in [0, 0.1) is 0 Å². The second-order valence-electron chi connectivity index (χ2n) is 0. The largest absolute Gasteiger partial charge is 2.00 e. The van der Waals surface area contributed by atoms with Crippen LogP contribution in [-0.4, -0.2) is 23.1 Å². The minimum atomic E-state index is 0. The normalized spacial score (nSPS) is 0. The van der Waals surface area contributed by atoms with Crippen molar-refractivity contribution in [1.82, 2.24) is 0 Å². The van der Waals surface area contributed by atoms with Gasteiger partial charge in [-0.3, -0.25) is 0 Å². The Kier molecular flexibility index (Phi) is 191. The molecule has 0 nitrogen and oxygen atoms in total. The molecule has 0 saturated heterocycles. The molecule has 5 heavy (non-hydrogen) atoms. The van der Waals surface area contributed by atoms with E-state index in [1.54, 1.807) is 0 Å². The molecule has 0 aromatic carbocycles. The Hall–Kier alpha value is 3.69. The standard InChI is InChI=1S/H2I.3HI.Mg/h1H2;3*1H;/q+1;;;;+2/p-3. The second kappa shape index (κ2) is 25.3. The summed E-state index contributed by atoms with van der Waals surface area (Å²) in [6.45, 7) is 0. The van der Waals surface area contributed by atoms with Gasteiger partial charge in [-0.15, -0.1) is 0 Å². The van der Waals surface area contributed by atoms with E-state index in [1.165, 1.54) is 0 Å². The zero-order chi connectivity index (χ0) is 0. The molecule has 0 fully saturated rings. The Balaban J connectivity index is 0. The number of rotatable bonds is 0. The van der Waals surface area contributed by atoms with Gasteiger partial charge >= 0.3 is 23.1 Å². The van der Waals surface area contributed by atoms with E-state index in [1.807, 2.05) is 0 Å². The molecule has 0 aromatic rings. The molecule has 0 aliphatic carbocycles. The molecule has 0 atom stereocenters. The maximum absolute atomic E-state index is 0. The van der Waals surface area contributed by atoms with Gasteiger partial charge in [0.25, 0.3) is 0 Å². The third-order valence-electron chi connectivity index (χ3n) is 0. The molecule has 0 heterocycles. The van der Waals surface area contributed by atoms with Crippen molar-refractivity contribution < 1.29 is 95.9 Å². The molecule has 32 valence electrons. The fraction of sp³-hybridized carbons (Fsp3) is 0. The van der Waals surface area contributed by atoms with E-state index in [-0.39, 0.29) is 119 Å². The zero-order valence-electron chi connectivity index (χ0n) is 2.29. The van der Waals surface area contributed by atoms with E-state index in [9.17, 15) is 0 Å². The van der Waals surface area contributed by atoms with Crippen molar-refractivity contribution in [3.05, 3.63) is 0 Å². The van der Waals surface area contributed by atoms with Crippen molar-refractivity contribution in [2.75, 3.05) is 0 Å². The van der Waals surface area contributed by atoms with Crippen LogP contribution in [0.4, 0.5) is 0 Å². The van der Waals surface area contributed by atoms with E-state index in [0.717, 1.165) is 0 Å². The predicted octanol–water partition coefficient (Wildman–Crippen LogP) is -12.9. The molecule has 0 unspecified atom stereocenters. The molecule has 5 heteroatoms. The number of halogens is 4. The third-order valence-corrected chi connectivity index (χ3v) is 0. The van der Waals surface area contributed by atoms with Gasteiger partial charge in [0.05, 0.1) is 0 Å². The summed E-state index contributed by atoms with van der Waals surface area (Å²) in [5.74, 6) is 0. The van der Waals surface area contributed by atoms with Crippen LogP contribution in [0.5, 0.6) is 0 Å². The minimum absolute atomic E-state index is 0. The molecule has 0 rings (SSSR count). The minimum Gasteiger partial charge on any atom is -1.00 e. The maximum atomic E-state index is 0. The molecule has 0 bridgehead atoms. The van der Waals surface area contributed by atoms with Gasteiger partial charge in [-0.2, -0.15) is 0 Å². The average Bonchev–Trinajstić information content (AvgIpc) is 0. The Labute approximate surface area is 116 Å². The Morgan fingerprint density at radius 3 is 0.600 bits per heavy atom. The summed E-state index contributed by atoms with van der Waals surface area (Å²) >= 11 is 0. The first-order valence-corrected chi connectivity index (χ1v) is 0. The van der Waals surface area contributed by atoms with Crippen LogP contribution >= 0.6 is 0 Å². The van der Waals surface area contributed by atoms with Crippen molar-refractivity contribution in [3.63, 3.8) is 0 Å². The zero-order valence-corrected chi connectivity index (χ0v) is 12.7. The Morgan fingerprint density at radius 1 is 0.600 bits per heavy atom. The summed E-state index contributed by atoms with van der Waals surface area (Å²) < 4.78 is 0. The predicted molar refractivity (Wildman–Crippen MR) is 8.54 cm³/mol. The van der Waals surface area contributed by atoms with Crippen molar-refractivity contribution in [2.24, 2.45) is 0 Å². The SMILES string of the molecule is [I-].[I-].[I-].[IH2+].[Mg+2]. The van der Waals surface area contributed by atoms with Crippen LogP contribution in [0.15, 0.2) is 0 Å². The molecular formula is H2I4Mg. The summed E-state index contributed by atoms with van der Waals surface area (Å²) in [6, 6.07) is 0. The molecule has 0 N–H and O–H groups in total. The Morgan fingerprint density at radius 2 is 0.600 bits per heavy atom. The number of hydrogen-bond donors (Lipinski definition) is 0. The van der Waals surface area contributed by atoms with Crippen molar-refractivity contribution in [1.29, 1.82) is 0 Å². The van der Waals surface area contributed by atoms with E-state index < -0.39 is 0 Å². The second-order valence-corrected chi connectivity index (χ2v) is 0. The van der Waals surface area contributed by atoms with Crippen molar-refractivity contribution in [3.8, 4) is 0 Å². The summed E-state index contributed by atoms with van der Waals surface area (Å²) in [5, 5.41) is 0. The summed E-state index contributed by atoms with van der Waals surface area (Å²) in [7, 11) is 0. The van der Waals surface area contributed by atoms with Gasteiger partial charge in [-0.25, -0.2) is 0 Å². The fourth-order valence-corrected chi connectivity index (χ4v) is 0. The van der Waals surface area contributed by atoms with Gasteiger partial charge in [0.2, 0.25) is 24.0 Å². The molecular weight excluding hydrogens is 532 g/mol. The first kappa shape index (κ1) is 37.8. The van der Waals surface area contributed by atoms with Crippen LogP contribution in [-0.2, 0) is 0 Å². The average molecular weight is 534 g/mol. The molecule has 0 radical (unpaired) electrons. The molecule has 0 amide bonds. The van der Waals surface area contributed by atoms with E-state index in [0.29, 0.717) is 0 Å². The van der Waals surface area contributed by atoms with E-state index >= 15 is 0 Å². The fourth-order valence-electron chi connectivity index (χ4n) is 0.